The first kappa shape index (κ1) is 78.3. The molecule has 0 aromatic carbocycles. The van der Waals surface area contributed by atoms with Crippen LogP contribution < -0.4 is 0 Å². The minimum atomic E-state index is -5.16. The van der Waals surface area contributed by atoms with Gasteiger partial charge in [0.15, 0.2) is 2.56 Å². The highest BCUT2D eigenvalue weighted by Crippen LogP contribution is 2.25. The molecular weight excluding hydrogens is 1390 g/mol. The lowest BCUT2D eigenvalue weighted by molar-refractivity contribution is -0.909. The Morgan fingerprint density at radius 2 is 0.212 bits per heavy atom. The summed E-state index contributed by atoms with van der Waals surface area (Å²) < 4.78 is 51.0. The fraction of sp³-hybridized carbons (Fsp3) is 0. The zero-order chi connectivity index (χ0) is 62.9. The molecule has 0 fully saturated rings. The molecule has 0 rings (SSSR count). The minimum Gasteiger partial charge on any atom is -0.258 e. The monoisotopic (exact) mass is 1400 g/mol. The first-order chi connectivity index (χ1) is 42.8. The molecule has 2 unspecified atom stereocenters. The summed E-state index contributed by atoms with van der Waals surface area (Å²) in [7, 11) is -10.3. The van der Waals surface area contributed by atoms with Gasteiger partial charge in [-0.3, -0.25) is 9.13 Å². The predicted octanol–water partition coefficient (Wildman–Crippen LogP) is -4.44. The summed E-state index contributed by atoms with van der Waals surface area (Å²) in [5, 5.41) is 273. The van der Waals surface area contributed by atoms with Crippen molar-refractivity contribution in [2.75, 3.05) is 0 Å². The van der Waals surface area contributed by atoms with Gasteiger partial charge in [-0.05, 0) is 242 Å². The molecule has 85 heteroatoms. The maximum absolute atomic E-state index is 11.4. The molecule has 2 N–H and O–H groups in total. The molecule has 0 aliphatic carbocycles. The van der Waals surface area contributed by atoms with E-state index in [1.165, 1.54) is 0 Å². The summed E-state index contributed by atoms with van der Waals surface area (Å²) >= 11 is 0. The number of rotatable bonds is 80. The number of hydrogen-bond donors (Lipinski definition) is 2. The highest BCUT2D eigenvalue weighted by molar-refractivity contribution is 7.33. The first-order valence-corrected chi connectivity index (χ1v) is 16.3. The van der Waals surface area contributed by atoms with Gasteiger partial charge in [0.2, 0.25) is 0 Å². The summed E-state index contributed by atoms with van der Waals surface area (Å²) in [6.45, 7) is 0. The van der Waals surface area contributed by atoms with Gasteiger partial charge in [0.1, 0.15) is 0 Å². The lowest BCUT2D eigenvalue weighted by Crippen LogP contribution is -2.06. The first-order valence-electron chi connectivity index (χ1n) is 15.0. The van der Waals surface area contributed by atoms with E-state index in [1.807, 2.05) is 0 Å². The van der Waals surface area contributed by atoms with Crippen LogP contribution in [0.2, 0.25) is 0 Å². The Hall–Kier alpha value is -2.78. The Morgan fingerprint density at radius 1 is 0.141 bits per heavy atom. The lowest BCUT2D eigenvalue weighted by Gasteiger charge is -2.01. The Bertz CT molecular complexity index is 1330. The molecule has 512 valence electrons. The third kappa shape index (κ3) is 77.3. The van der Waals surface area contributed by atoms with Crippen LogP contribution in [0.4, 0.5) is 0 Å². The van der Waals surface area contributed by atoms with Crippen LogP contribution in [0.1, 0.15) is 0 Å². The predicted molar refractivity (Wildman–Crippen MR) is 109 cm³/mol. The van der Waals surface area contributed by atoms with Crippen LogP contribution in [0.5, 0.6) is 0 Å². The summed E-state index contributed by atoms with van der Waals surface area (Å²) in [6, 6.07) is 0. The molecule has 0 heterocycles. The molecule has 0 bridgehead atoms. The average molecular weight is 1400 g/mol. The minimum absolute atomic E-state index is 2.87. The van der Waals surface area contributed by atoms with Crippen LogP contribution in [0.25, 0.3) is 0 Å². The second-order valence-corrected chi connectivity index (χ2v) is 7.35. The molecule has 0 saturated carbocycles. The Kier molecular flexibility index (Phi) is 71.2. The quantitative estimate of drug-likeness (QED) is 0.0251. The Balaban J connectivity index is 3.28. The van der Waals surface area contributed by atoms with Crippen molar-refractivity contribution in [2.45, 2.75) is 0 Å². The van der Waals surface area contributed by atoms with Crippen LogP contribution in [0.15, 0.2) is 0 Å². The van der Waals surface area contributed by atoms with Crippen molar-refractivity contribution in [2.24, 2.45) is 0 Å². The van der Waals surface area contributed by atoms with E-state index in [4.69, 9.17) is 13.1 Å². The van der Waals surface area contributed by atoms with E-state index >= 15 is 0 Å². The van der Waals surface area contributed by atoms with Crippen molar-refractivity contribution < 1.29 is 416 Å². The maximum Gasteiger partial charge on any atom is 0.380 e. The van der Waals surface area contributed by atoms with Crippen molar-refractivity contribution in [3.05, 3.63) is 0 Å². The van der Waals surface area contributed by atoms with Crippen LogP contribution in [0, 0.1) is 0 Å². The van der Waals surface area contributed by atoms with Crippen molar-refractivity contribution in [1.82, 2.24) is 0 Å². The summed E-state index contributed by atoms with van der Waals surface area (Å²) in [5.74, 6) is 0. The van der Waals surface area contributed by atoms with E-state index in [-0.39, 0.29) is 0 Å². The van der Waals surface area contributed by atoms with E-state index in [0.29, 0.717) is 0 Å². The van der Waals surface area contributed by atoms with Crippen molar-refractivity contribution in [1.29, 1.82) is 2.56 Å². The smallest absolute Gasteiger partial charge is 0.258 e. The fourth-order valence-corrected chi connectivity index (χ4v) is 1.31. The molecule has 0 aliphatic rings. The molecule has 0 aromatic rings. The highest BCUT2D eigenvalue weighted by atomic mass is 31.1. The fourth-order valence-electron chi connectivity index (χ4n) is 0.959. The van der Waals surface area contributed by atoms with Gasteiger partial charge in [0.25, 0.3) is 0 Å². The van der Waals surface area contributed by atoms with Gasteiger partial charge in [-0.2, -0.15) is 0 Å². The van der Waals surface area contributed by atoms with E-state index in [0.717, 1.165) is 0 Å². The van der Waals surface area contributed by atoms with Crippen molar-refractivity contribution in [3.63, 3.8) is 0 Å². The summed E-state index contributed by atoms with van der Waals surface area (Å²) in [4.78, 5) is 0. The second kappa shape index (κ2) is 77.3. The van der Waals surface area contributed by atoms with Gasteiger partial charge in [0.05, 0.1) is 0 Å². The van der Waals surface area contributed by atoms with Crippen LogP contribution >= 0.6 is 16.4 Å². The highest BCUT2D eigenvalue weighted by Gasteiger charge is 2.10. The topological polar surface area (TPSA) is 804 Å². The standard InChI is InChI=1S/H4O83P2/c1-5-7-9-11-13-15-17-19-21-23-25-26-27-28-29-30-31-32-33-34-35-36-37-38-39-40-41-42-43-44-45-49-53-57-61-65-69-73-77-81-85(4)83-79-75-71-67-63-59-55-51-47-46-50-54-58-62-66-70-74-78-82-84(3)80-76-72-68-64-60-56-52-48-24-22-20-18-16-14-12-10-8-6-2/h1-2,84-85H/i84T,85T. The van der Waals surface area contributed by atoms with Gasteiger partial charge in [0, 0.05) is 136 Å². The van der Waals surface area contributed by atoms with Crippen LogP contribution in [-0.4, -0.2) is 13.1 Å². The van der Waals surface area contributed by atoms with Gasteiger partial charge in [-0.15, -0.1) is 18.7 Å². The molecule has 0 saturated heterocycles. The molecule has 2 atom stereocenters. The summed E-state index contributed by atoms with van der Waals surface area (Å²) in [6.07, 6.45) is 0. The second-order valence-electron chi connectivity index (χ2n) is 5.86. The third-order valence-corrected chi connectivity index (χ3v) is 3.10. The van der Waals surface area contributed by atoms with Gasteiger partial charge in [-0.25, -0.2) is 10.5 Å². The normalized spacial score (nSPS) is 13.6. The molecule has 83 nitrogen and oxygen atoms in total. The lowest BCUT2D eigenvalue weighted by atomic mass is 14.0. The van der Waals surface area contributed by atoms with E-state index in [1.54, 1.807) is 0 Å². The van der Waals surface area contributed by atoms with E-state index in [9.17, 15) is 9.13 Å². The van der Waals surface area contributed by atoms with E-state index in [2.05, 4.69) is 397 Å². The third-order valence-electron chi connectivity index (χ3n) is 2.37. The van der Waals surface area contributed by atoms with Crippen molar-refractivity contribution in [3.8, 4) is 0 Å². The van der Waals surface area contributed by atoms with Crippen LogP contribution in [0.3, 0.4) is 0 Å². The van der Waals surface area contributed by atoms with Gasteiger partial charge >= 0.3 is 16.4 Å². The molecule has 0 aliphatic heterocycles. The average Bonchev–Trinajstić information content (AvgIpc) is 3.51. The summed E-state index contributed by atoms with van der Waals surface area (Å²) in [5.41, 5.74) is 0. The van der Waals surface area contributed by atoms with E-state index < -0.39 is 16.4 Å². The van der Waals surface area contributed by atoms with Gasteiger partial charge < -0.3 is 0 Å². The molecule has 0 amide bonds. The number of hydrogen-bond acceptors (Lipinski definition) is 83. The molecule has 0 spiro atoms. The molecule has 0 radical (unpaired) electrons. The zero-order valence-corrected chi connectivity index (χ0v) is 36.6. The van der Waals surface area contributed by atoms with Crippen LogP contribution in [-0.2, 0) is 406 Å². The largest absolute Gasteiger partial charge is 0.380 e. The SMILES string of the molecule is [3H]P(=O)(OOOOOOOOOOOOOOOOOOOO)OOOOOOOOOOOOOOOOOOOOP([3H])(=O)OOOOOOOOOOOOOOOOOOOOOOOOOOOOOOOOOOOOOOOOO. The zero-order valence-electron chi connectivity index (χ0n) is 36.9. The maximum atomic E-state index is 11.4. The molecule has 85 heavy (non-hydrogen) atoms. The Morgan fingerprint density at radius 3 is 0.294 bits per heavy atom. The molecular formula is H4O83P2. The Labute approximate surface area is 437 Å². The molecule has 0 aromatic heterocycles. The van der Waals surface area contributed by atoms with Gasteiger partial charge in [-0.1, -0.05) is 0 Å². The van der Waals surface area contributed by atoms with Crippen molar-refractivity contribution >= 4 is 16.4 Å².